The van der Waals surface area contributed by atoms with Crippen molar-refractivity contribution in [2.75, 3.05) is 20.7 Å². The molecule has 0 heterocycles. The smallest absolute Gasteiger partial charge is 0.407 e. The summed E-state index contributed by atoms with van der Waals surface area (Å²) in [5.41, 5.74) is 0.955. The van der Waals surface area contributed by atoms with E-state index in [1.807, 2.05) is 45.1 Å². The second-order valence-electron chi connectivity index (χ2n) is 5.89. The molecule has 0 radical (unpaired) electrons. The van der Waals surface area contributed by atoms with Gasteiger partial charge in [0.2, 0.25) is 0 Å². The number of nitrogens with one attached hydrogen (secondary N) is 1. The third-order valence-corrected chi connectivity index (χ3v) is 2.79. The van der Waals surface area contributed by atoms with E-state index in [4.69, 9.17) is 9.57 Å². The largest absolute Gasteiger partial charge is 0.444 e. The first-order valence-electron chi connectivity index (χ1n) is 7.28. The number of amides is 2. The van der Waals surface area contributed by atoms with E-state index in [0.717, 1.165) is 10.6 Å². The predicted molar refractivity (Wildman–Crippen MR) is 88.8 cm³/mol. The Balaban J connectivity index is 2.49. The molecule has 0 aliphatic carbocycles. The van der Waals surface area contributed by atoms with Crippen LogP contribution in [0.1, 0.15) is 36.7 Å². The molecule has 0 spiro atoms. The first kappa shape index (κ1) is 18.7. The molecule has 0 unspecified atom stereocenters. The Kier molecular flexibility index (Phi) is 6.78. The minimum absolute atomic E-state index is 0.213. The highest BCUT2D eigenvalue weighted by atomic mass is 16.7. The number of hydrogen-bond donors (Lipinski definition) is 1. The van der Waals surface area contributed by atoms with E-state index in [2.05, 4.69) is 5.32 Å². The molecule has 0 fully saturated rings. The summed E-state index contributed by atoms with van der Waals surface area (Å²) in [5.74, 6) is -0.213. The number of hydroxylamine groups is 2. The molecule has 2 amide bonds. The van der Waals surface area contributed by atoms with Crippen molar-refractivity contribution in [3.8, 4) is 0 Å². The third kappa shape index (κ3) is 6.97. The second kappa shape index (κ2) is 8.33. The summed E-state index contributed by atoms with van der Waals surface area (Å²) >= 11 is 0. The average Bonchev–Trinajstić information content (AvgIpc) is 2.49. The predicted octanol–water partition coefficient (Wildman–Crippen LogP) is 2.86. The topological polar surface area (TPSA) is 67.9 Å². The number of alkyl carbamates (subject to hydrolysis) is 1. The van der Waals surface area contributed by atoms with Gasteiger partial charge in [-0.05, 0) is 38.5 Å². The Hall–Kier alpha value is -2.34. The van der Waals surface area contributed by atoms with Crippen molar-refractivity contribution >= 4 is 18.1 Å². The van der Waals surface area contributed by atoms with Gasteiger partial charge in [0.1, 0.15) is 5.60 Å². The molecule has 0 atom stereocenters. The summed E-state index contributed by atoms with van der Waals surface area (Å²) in [6.45, 7) is 5.80. The van der Waals surface area contributed by atoms with Crippen molar-refractivity contribution in [1.29, 1.82) is 0 Å². The Morgan fingerprint density at radius 1 is 1.22 bits per heavy atom. The van der Waals surface area contributed by atoms with Crippen LogP contribution in [-0.2, 0) is 9.57 Å². The van der Waals surface area contributed by atoms with Gasteiger partial charge in [0, 0.05) is 19.2 Å². The van der Waals surface area contributed by atoms with Crippen molar-refractivity contribution in [3.63, 3.8) is 0 Å². The molecule has 1 rings (SSSR count). The Bertz CT molecular complexity index is 559. The fourth-order valence-corrected chi connectivity index (χ4v) is 1.65. The molecule has 0 aliphatic heterocycles. The van der Waals surface area contributed by atoms with E-state index in [1.54, 1.807) is 19.2 Å². The summed E-state index contributed by atoms with van der Waals surface area (Å²) in [4.78, 5) is 28.2. The molecule has 1 aromatic carbocycles. The number of benzene rings is 1. The highest BCUT2D eigenvalue weighted by Gasteiger charge is 2.15. The minimum Gasteiger partial charge on any atom is -0.444 e. The van der Waals surface area contributed by atoms with Crippen LogP contribution in [-0.4, -0.2) is 43.4 Å². The van der Waals surface area contributed by atoms with Gasteiger partial charge >= 0.3 is 6.09 Å². The van der Waals surface area contributed by atoms with Gasteiger partial charge in [0.25, 0.3) is 5.91 Å². The van der Waals surface area contributed by atoms with Crippen LogP contribution in [0.5, 0.6) is 0 Å². The van der Waals surface area contributed by atoms with Crippen molar-refractivity contribution in [1.82, 2.24) is 10.4 Å². The van der Waals surface area contributed by atoms with Crippen LogP contribution in [0.15, 0.2) is 30.3 Å². The number of rotatable bonds is 5. The maximum Gasteiger partial charge on any atom is 0.407 e. The standard InChI is InChI=1S/C17H24N2O4/c1-17(2,3)23-16(21)18-12-6-7-13-8-10-14(11-9-13)15(20)19(4)22-5/h6-11H,12H2,1-5H3,(H,18,21)/b7-6+. The molecule has 23 heavy (non-hydrogen) atoms. The van der Waals surface area contributed by atoms with E-state index in [-0.39, 0.29) is 5.91 Å². The zero-order chi connectivity index (χ0) is 17.5. The van der Waals surface area contributed by atoms with Crippen LogP contribution in [0, 0.1) is 0 Å². The number of nitrogens with zero attached hydrogens (tertiary/aromatic N) is 1. The van der Waals surface area contributed by atoms with Crippen molar-refractivity contribution in [3.05, 3.63) is 41.5 Å². The zero-order valence-electron chi connectivity index (χ0n) is 14.3. The van der Waals surface area contributed by atoms with Gasteiger partial charge in [0.05, 0.1) is 7.11 Å². The van der Waals surface area contributed by atoms with Crippen molar-refractivity contribution in [2.45, 2.75) is 26.4 Å². The van der Waals surface area contributed by atoms with E-state index in [9.17, 15) is 9.59 Å². The van der Waals surface area contributed by atoms with Gasteiger partial charge in [-0.1, -0.05) is 24.3 Å². The quantitative estimate of drug-likeness (QED) is 0.847. The molecule has 1 aromatic rings. The van der Waals surface area contributed by atoms with Gasteiger partial charge in [-0.25, -0.2) is 9.86 Å². The Labute approximate surface area is 137 Å². The van der Waals surface area contributed by atoms with Crippen LogP contribution in [0.25, 0.3) is 6.08 Å². The lowest BCUT2D eigenvalue weighted by molar-refractivity contribution is -0.0756. The van der Waals surface area contributed by atoms with E-state index < -0.39 is 11.7 Å². The normalized spacial score (nSPS) is 11.3. The molecule has 0 saturated heterocycles. The highest BCUT2D eigenvalue weighted by molar-refractivity contribution is 5.93. The van der Waals surface area contributed by atoms with Gasteiger partial charge in [0.15, 0.2) is 0 Å². The number of ether oxygens (including phenoxy) is 1. The number of hydrogen-bond acceptors (Lipinski definition) is 4. The van der Waals surface area contributed by atoms with Crippen LogP contribution in [0.4, 0.5) is 4.79 Å². The average molecular weight is 320 g/mol. The van der Waals surface area contributed by atoms with E-state index in [0.29, 0.717) is 12.1 Å². The Morgan fingerprint density at radius 3 is 2.35 bits per heavy atom. The maximum atomic E-state index is 11.9. The van der Waals surface area contributed by atoms with Crippen molar-refractivity contribution in [2.24, 2.45) is 0 Å². The number of carbonyl (C=O) groups excluding carboxylic acids is 2. The summed E-state index contributed by atoms with van der Waals surface area (Å²) in [7, 11) is 2.99. The van der Waals surface area contributed by atoms with Crippen LogP contribution in [0.3, 0.4) is 0 Å². The summed E-state index contributed by atoms with van der Waals surface area (Å²) in [6, 6.07) is 7.08. The molecule has 1 N–H and O–H groups in total. The minimum atomic E-state index is -0.508. The van der Waals surface area contributed by atoms with Gasteiger partial charge in [-0.15, -0.1) is 0 Å². The SMILES string of the molecule is CON(C)C(=O)c1ccc(/C=C/CNC(=O)OC(C)(C)C)cc1. The van der Waals surface area contributed by atoms with E-state index in [1.165, 1.54) is 7.11 Å². The first-order valence-corrected chi connectivity index (χ1v) is 7.28. The lowest BCUT2D eigenvalue weighted by Gasteiger charge is -2.19. The summed E-state index contributed by atoms with van der Waals surface area (Å²) in [5, 5.41) is 3.80. The third-order valence-electron chi connectivity index (χ3n) is 2.79. The lowest BCUT2D eigenvalue weighted by Crippen LogP contribution is -2.32. The van der Waals surface area contributed by atoms with Crippen LogP contribution >= 0.6 is 0 Å². The van der Waals surface area contributed by atoms with Crippen LogP contribution < -0.4 is 5.32 Å². The number of carbonyl (C=O) groups is 2. The van der Waals surface area contributed by atoms with Crippen molar-refractivity contribution < 1.29 is 19.2 Å². The molecular weight excluding hydrogens is 296 g/mol. The molecule has 6 nitrogen and oxygen atoms in total. The summed E-state index contributed by atoms with van der Waals surface area (Å²) in [6.07, 6.45) is 3.21. The molecule has 0 aliphatic rings. The molecule has 6 heteroatoms. The summed E-state index contributed by atoms with van der Waals surface area (Å²) < 4.78 is 5.13. The molecule has 0 bridgehead atoms. The molecule has 0 aromatic heterocycles. The molecule has 0 saturated carbocycles. The maximum absolute atomic E-state index is 11.9. The lowest BCUT2D eigenvalue weighted by atomic mass is 10.1. The zero-order valence-corrected chi connectivity index (χ0v) is 14.3. The van der Waals surface area contributed by atoms with Gasteiger partial charge in [-0.2, -0.15) is 0 Å². The first-order chi connectivity index (χ1) is 10.7. The van der Waals surface area contributed by atoms with Gasteiger partial charge in [-0.3, -0.25) is 9.63 Å². The Morgan fingerprint density at radius 2 is 1.83 bits per heavy atom. The monoisotopic (exact) mass is 320 g/mol. The van der Waals surface area contributed by atoms with Gasteiger partial charge < -0.3 is 10.1 Å². The molecular formula is C17H24N2O4. The fourth-order valence-electron chi connectivity index (χ4n) is 1.65. The second-order valence-corrected chi connectivity index (χ2v) is 5.89. The fraction of sp³-hybridized carbons (Fsp3) is 0.412. The highest BCUT2D eigenvalue weighted by Crippen LogP contribution is 2.09. The molecule has 126 valence electrons. The van der Waals surface area contributed by atoms with E-state index >= 15 is 0 Å². The van der Waals surface area contributed by atoms with Crippen LogP contribution in [0.2, 0.25) is 0 Å².